The Labute approximate surface area is 120 Å². The number of hydrogen-bond acceptors (Lipinski definition) is 3. The van der Waals surface area contributed by atoms with Crippen LogP contribution < -0.4 is 10.6 Å². The Morgan fingerprint density at radius 1 is 1.38 bits per heavy atom. The van der Waals surface area contributed by atoms with Gasteiger partial charge in [-0.05, 0) is 24.6 Å². The summed E-state index contributed by atoms with van der Waals surface area (Å²) in [4.78, 5) is 34.0. The number of amides is 2. The SMILES string of the molecule is C=CCC(NC(=O)CNC(=O)c1cccc(F)c1)C(=O)O. The first kappa shape index (κ1) is 16.4. The van der Waals surface area contributed by atoms with Gasteiger partial charge in [0.25, 0.3) is 5.91 Å². The molecule has 1 aromatic rings. The summed E-state index contributed by atoms with van der Waals surface area (Å²) >= 11 is 0. The van der Waals surface area contributed by atoms with Gasteiger partial charge in [-0.3, -0.25) is 9.59 Å². The van der Waals surface area contributed by atoms with Gasteiger partial charge in [-0.15, -0.1) is 6.58 Å². The number of rotatable bonds is 7. The van der Waals surface area contributed by atoms with E-state index in [-0.39, 0.29) is 12.0 Å². The van der Waals surface area contributed by atoms with E-state index in [1.165, 1.54) is 24.3 Å². The first-order chi connectivity index (χ1) is 9.93. The van der Waals surface area contributed by atoms with Crippen molar-refractivity contribution in [2.24, 2.45) is 0 Å². The van der Waals surface area contributed by atoms with E-state index in [2.05, 4.69) is 17.2 Å². The summed E-state index contributed by atoms with van der Waals surface area (Å²) < 4.78 is 12.9. The molecule has 6 nitrogen and oxygen atoms in total. The van der Waals surface area contributed by atoms with Crippen molar-refractivity contribution in [1.29, 1.82) is 0 Å². The minimum absolute atomic E-state index is 0.0684. The summed E-state index contributed by atoms with van der Waals surface area (Å²) in [6.45, 7) is 2.99. The van der Waals surface area contributed by atoms with Crippen LogP contribution in [0.3, 0.4) is 0 Å². The van der Waals surface area contributed by atoms with Gasteiger partial charge in [-0.2, -0.15) is 0 Å². The largest absolute Gasteiger partial charge is 0.480 e. The Morgan fingerprint density at radius 2 is 2.10 bits per heavy atom. The molecule has 1 atom stereocenters. The lowest BCUT2D eigenvalue weighted by atomic mass is 10.2. The summed E-state index contributed by atoms with van der Waals surface area (Å²) in [5, 5.41) is 13.4. The van der Waals surface area contributed by atoms with Gasteiger partial charge in [0.15, 0.2) is 0 Å². The molecule has 112 valence electrons. The number of nitrogens with one attached hydrogen (secondary N) is 2. The van der Waals surface area contributed by atoms with E-state index in [0.29, 0.717) is 0 Å². The molecule has 0 spiro atoms. The molecular weight excluding hydrogens is 279 g/mol. The number of halogens is 1. The maximum atomic E-state index is 12.9. The fourth-order valence-corrected chi connectivity index (χ4v) is 1.53. The molecule has 21 heavy (non-hydrogen) atoms. The summed E-state index contributed by atoms with van der Waals surface area (Å²) in [5.41, 5.74) is 0.0728. The minimum Gasteiger partial charge on any atom is -0.480 e. The first-order valence-corrected chi connectivity index (χ1v) is 6.11. The number of carbonyl (C=O) groups is 3. The van der Waals surface area contributed by atoms with Gasteiger partial charge in [0.2, 0.25) is 5.91 Å². The summed E-state index contributed by atoms with van der Waals surface area (Å²) in [6.07, 6.45) is 1.43. The topological polar surface area (TPSA) is 95.5 Å². The Morgan fingerprint density at radius 3 is 2.67 bits per heavy atom. The molecule has 3 N–H and O–H groups in total. The van der Waals surface area contributed by atoms with Crippen LogP contribution in [0.4, 0.5) is 4.39 Å². The third-order valence-corrected chi connectivity index (χ3v) is 2.53. The van der Waals surface area contributed by atoms with Crippen molar-refractivity contribution in [1.82, 2.24) is 10.6 Å². The van der Waals surface area contributed by atoms with Crippen LogP contribution in [0.25, 0.3) is 0 Å². The Hall–Kier alpha value is -2.70. The van der Waals surface area contributed by atoms with Crippen molar-refractivity contribution in [3.8, 4) is 0 Å². The molecule has 0 saturated carbocycles. The molecule has 0 radical (unpaired) electrons. The van der Waals surface area contributed by atoms with E-state index in [4.69, 9.17) is 5.11 Å². The van der Waals surface area contributed by atoms with Crippen molar-refractivity contribution in [2.75, 3.05) is 6.54 Å². The highest BCUT2D eigenvalue weighted by molar-refractivity contribution is 5.96. The predicted molar refractivity (Wildman–Crippen MR) is 73.1 cm³/mol. The molecule has 7 heteroatoms. The molecular formula is C14H15FN2O4. The zero-order valence-corrected chi connectivity index (χ0v) is 11.1. The average molecular weight is 294 g/mol. The molecule has 0 saturated heterocycles. The molecule has 0 aliphatic rings. The smallest absolute Gasteiger partial charge is 0.326 e. The zero-order valence-electron chi connectivity index (χ0n) is 11.1. The zero-order chi connectivity index (χ0) is 15.8. The highest BCUT2D eigenvalue weighted by Gasteiger charge is 2.18. The van der Waals surface area contributed by atoms with Crippen molar-refractivity contribution < 1.29 is 23.9 Å². The van der Waals surface area contributed by atoms with Gasteiger partial charge in [0, 0.05) is 5.56 Å². The fraction of sp³-hybridized carbons (Fsp3) is 0.214. The van der Waals surface area contributed by atoms with Crippen LogP contribution in [0, 0.1) is 5.82 Å². The van der Waals surface area contributed by atoms with Crippen LogP contribution in [0.1, 0.15) is 16.8 Å². The molecule has 0 bridgehead atoms. The van der Waals surface area contributed by atoms with Crippen molar-refractivity contribution in [3.05, 3.63) is 48.3 Å². The van der Waals surface area contributed by atoms with Gasteiger partial charge in [0.05, 0.1) is 6.54 Å². The van der Waals surface area contributed by atoms with Crippen LogP contribution in [-0.4, -0.2) is 35.5 Å². The highest BCUT2D eigenvalue weighted by atomic mass is 19.1. The van der Waals surface area contributed by atoms with Gasteiger partial charge >= 0.3 is 5.97 Å². The lowest BCUT2D eigenvalue weighted by molar-refractivity contribution is -0.141. The highest BCUT2D eigenvalue weighted by Crippen LogP contribution is 2.02. The fourth-order valence-electron chi connectivity index (χ4n) is 1.53. The number of carbonyl (C=O) groups excluding carboxylic acids is 2. The lowest BCUT2D eigenvalue weighted by Crippen LogP contribution is -2.45. The number of benzene rings is 1. The van der Waals surface area contributed by atoms with E-state index in [9.17, 15) is 18.8 Å². The van der Waals surface area contributed by atoms with E-state index >= 15 is 0 Å². The van der Waals surface area contributed by atoms with Gasteiger partial charge < -0.3 is 15.7 Å². The first-order valence-electron chi connectivity index (χ1n) is 6.11. The van der Waals surface area contributed by atoms with E-state index in [0.717, 1.165) is 6.07 Å². The average Bonchev–Trinajstić information content (AvgIpc) is 2.44. The molecule has 0 fully saturated rings. The molecule has 0 aromatic heterocycles. The van der Waals surface area contributed by atoms with Crippen LogP contribution in [0.2, 0.25) is 0 Å². The van der Waals surface area contributed by atoms with Crippen molar-refractivity contribution in [3.63, 3.8) is 0 Å². The van der Waals surface area contributed by atoms with Crippen molar-refractivity contribution in [2.45, 2.75) is 12.5 Å². The van der Waals surface area contributed by atoms with Crippen LogP contribution in [0.15, 0.2) is 36.9 Å². The predicted octanol–water partition coefficient (Wildman–Crippen LogP) is 0.701. The molecule has 1 rings (SSSR count). The summed E-state index contributed by atoms with van der Waals surface area (Å²) in [7, 11) is 0. The summed E-state index contributed by atoms with van der Waals surface area (Å²) in [5.74, 6) is -3.04. The van der Waals surface area contributed by atoms with Crippen LogP contribution in [-0.2, 0) is 9.59 Å². The van der Waals surface area contributed by atoms with Crippen LogP contribution in [0.5, 0.6) is 0 Å². The third-order valence-electron chi connectivity index (χ3n) is 2.53. The van der Waals surface area contributed by atoms with Gasteiger partial charge in [0.1, 0.15) is 11.9 Å². The maximum absolute atomic E-state index is 12.9. The number of carboxylic acid groups (broad SMARTS) is 1. The number of hydrogen-bond donors (Lipinski definition) is 3. The van der Waals surface area contributed by atoms with Gasteiger partial charge in [-0.1, -0.05) is 12.1 Å². The Balaban J connectivity index is 2.50. The molecule has 1 unspecified atom stereocenters. The van der Waals surface area contributed by atoms with E-state index in [1.807, 2.05) is 0 Å². The second kappa shape index (κ2) is 7.78. The van der Waals surface area contributed by atoms with Crippen molar-refractivity contribution >= 4 is 17.8 Å². The second-order valence-corrected chi connectivity index (χ2v) is 4.18. The summed E-state index contributed by atoms with van der Waals surface area (Å²) in [6, 6.07) is 3.89. The Bertz CT molecular complexity index is 560. The Kier molecular flexibility index (Phi) is 6.06. The second-order valence-electron chi connectivity index (χ2n) is 4.18. The quantitative estimate of drug-likeness (QED) is 0.645. The standard InChI is InChI=1S/C14H15FN2O4/c1-2-4-11(14(20)21)17-12(18)8-16-13(19)9-5-3-6-10(15)7-9/h2-3,5-7,11H,1,4,8H2,(H,16,19)(H,17,18)(H,20,21). The van der Waals surface area contributed by atoms with E-state index in [1.54, 1.807) is 0 Å². The minimum atomic E-state index is -1.19. The molecule has 0 aliphatic heterocycles. The number of carboxylic acids is 1. The van der Waals surface area contributed by atoms with Gasteiger partial charge in [-0.25, -0.2) is 9.18 Å². The molecule has 0 heterocycles. The maximum Gasteiger partial charge on any atom is 0.326 e. The monoisotopic (exact) mass is 294 g/mol. The molecule has 2 amide bonds. The number of aliphatic carboxylic acids is 1. The third kappa shape index (κ3) is 5.43. The molecule has 1 aromatic carbocycles. The van der Waals surface area contributed by atoms with Crippen LogP contribution >= 0.6 is 0 Å². The lowest BCUT2D eigenvalue weighted by Gasteiger charge is -2.12. The molecule has 0 aliphatic carbocycles. The normalized spacial score (nSPS) is 11.3. The van der Waals surface area contributed by atoms with E-state index < -0.39 is 36.2 Å².